The van der Waals surface area contributed by atoms with Gasteiger partial charge >= 0.3 is 0 Å². The van der Waals surface area contributed by atoms with E-state index >= 15 is 0 Å². The van der Waals surface area contributed by atoms with Crippen LogP contribution < -0.4 is 11.1 Å². The van der Waals surface area contributed by atoms with E-state index in [2.05, 4.69) is 34.3 Å². The number of aromatic nitrogens is 3. The van der Waals surface area contributed by atoms with Gasteiger partial charge < -0.3 is 11.1 Å². The van der Waals surface area contributed by atoms with Crippen LogP contribution in [0.4, 0.5) is 0 Å². The van der Waals surface area contributed by atoms with Crippen LogP contribution in [-0.4, -0.2) is 33.2 Å². The highest BCUT2D eigenvalue weighted by Crippen LogP contribution is 2.33. The fraction of sp³-hybridized carbons (Fsp3) is 0.786. The summed E-state index contributed by atoms with van der Waals surface area (Å²) in [6, 6.07) is 0. The van der Waals surface area contributed by atoms with E-state index in [0.29, 0.717) is 12.5 Å². The van der Waals surface area contributed by atoms with Crippen molar-refractivity contribution in [3.8, 4) is 0 Å². The smallest absolute Gasteiger partial charge is 0.291 e. The quantitative estimate of drug-likeness (QED) is 0.759. The van der Waals surface area contributed by atoms with Crippen LogP contribution in [0.25, 0.3) is 0 Å². The Labute approximate surface area is 119 Å². The predicted molar refractivity (Wildman–Crippen MR) is 77.3 cm³/mol. The Hall–Kier alpha value is -1.43. The second kappa shape index (κ2) is 6.35. The molecule has 2 rings (SSSR count). The number of aromatic amines is 1. The van der Waals surface area contributed by atoms with Gasteiger partial charge in [0.25, 0.3) is 5.91 Å². The molecule has 6 nitrogen and oxygen atoms in total. The van der Waals surface area contributed by atoms with Gasteiger partial charge in [0.15, 0.2) is 0 Å². The number of rotatable bonds is 5. The molecular weight excluding hydrogens is 254 g/mol. The number of carbonyl (C=O) groups is 1. The minimum atomic E-state index is -0.305. The lowest BCUT2D eigenvalue weighted by molar-refractivity contribution is 0.0802. The molecule has 1 aromatic heterocycles. The van der Waals surface area contributed by atoms with Gasteiger partial charge in [-0.1, -0.05) is 26.7 Å². The van der Waals surface area contributed by atoms with Crippen molar-refractivity contribution in [3.63, 3.8) is 0 Å². The molecule has 1 aromatic rings. The van der Waals surface area contributed by atoms with Crippen LogP contribution in [0.5, 0.6) is 0 Å². The van der Waals surface area contributed by atoms with E-state index in [4.69, 9.17) is 5.73 Å². The van der Waals surface area contributed by atoms with E-state index in [1.165, 1.54) is 6.42 Å². The molecule has 1 fully saturated rings. The van der Waals surface area contributed by atoms with Crippen LogP contribution in [-0.2, 0) is 6.42 Å². The molecule has 0 spiro atoms. The van der Waals surface area contributed by atoms with Gasteiger partial charge in [-0.15, -0.1) is 5.10 Å². The Morgan fingerprint density at radius 2 is 2.35 bits per heavy atom. The molecule has 1 heterocycles. The predicted octanol–water partition coefficient (Wildman–Crippen LogP) is 1.39. The summed E-state index contributed by atoms with van der Waals surface area (Å²) in [5.41, 5.74) is 5.64. The lowest BCUT2D eigenvalue weighted by Crippen LogP contribution is -2.59. The van der Waals surface area contributed by atoms with Gasteiger partial charge in [0.1, 0.15) is 5.82 Å². The number of nitrogens with one attached hydrogen (secondary N) is 2. The maximum absolute atomic E-state index is 12.3. The number of hydrogen-bond donors (Lipinski definition) is 3. The van der Waals surface area contributed by atoms with Crippen molar-refractivity contribution in [1.82, 2.24) is 20.5 Å². The molecule has 112 valence electrons. The number of H-pyrrole nitrogens is 1. The Morgan fingerprint density at radius 3 is 3.00 bits per heavy atom. The molecule has 1 amide bonds. The molecule has 0 aromatic carbocycles. The summed E-state index contributed by atoms with van der Waals surface area (Å²) in [5.74, 6) is 1.15. The van der Waals surface area contributed by atoms with Gasteiger partial charge in [-0.05, 0) is 25.2 Å². The van der Waals surface area contributed by atoms with Crippen LogP contribution in [0.15, 0.2) is 0 Å². The van der Waals surface area contributed by atoms with Gasteiger partial charge in [-0.2, -0.15) is 0 Å². The largest absolute Gasteiger partial charge is 0.342 e. The van der Waals surface area contributed by atoms with Gasteiger partial charge in [-0.25, -0.2) is 4.98 Å². The standard InChI is InChI=1S/C14H25N5O/c1-3-6-11-16-12(19-18-11)13(20)17-14(9-15)8-5-4-7-10(14)2/h10H,3-9,15H2,1-2H3,(H,17,20)(H,16,18,19). The second-order valence-electron chi connectivity index (χ2n) is 5.82. The number of nitrogens with zero attached hydrogens (tertiary/aromatic N) is 2. The highest BCUT2D eigenvalue weighted by molar-refractivity contribution is 5.91. The average Bonchev–Trinajstić information content (AvgIpc) is 2.91. The zero-order chi connectivity index (χ0) is 14.6. The number of carbonyl (C=O) groups excluding carboxylic acids is 1. The van der Waals surface area contributed by atoms with Crippen LogP contribution in [0, 0.1) is 5.92 Å². The fourth-order valence-electron chi connectivity index (χ4n) is 2.98. The van der Waals surface area contributed by atoms with Crippen molar-refractivity contribution >= 4 is 5.91 Å². The van der Waals surface area contributed by atoms with Crippen molar-refractivity contribution in [1.29, 1.82) is 0 Å². The third-order valence-electron chi connectivity index (χ3n) is 4.40. The molecule has 0 aliphatic heterocycles. The molecule has 1 aliphatic carbocycles. The van der Waals surface area contributed by atoms with Gasteiger partial charge in [0.05, 0.1) is 5.54 Å². The van der Waals surface area contributed by atoms with Crippen molar-refractivity contribution in [3.05, 3.63) is 11.6 Å². The Balaban J connectivity index is 2.08. The van der Waals surface area contributed by atoms with Crippen molar-refractivity contribution < 1.29 is 4.79 Å². The molecule has 1 saturated carbocycles. The molecule has 0 saturated heterocycles. The summed E-state index contributed by atoms with van der Waals surface area (Å²) in [5, 5.41) is 9.91. The second-order valence-corrected chi connectivity index (χ2v) is 5.82. The first-order valence-electron chi connectivity index (χ1n) is 7.55. The first kappa shape index (κ1) is 15.0. The summed E-state index contributed by atoms with van der Waals surface area (Å²) in [6.07, 6.45) is 6.13. The lowest BCUT2D eigenvalue weighted by atomic mass is 9.73. The average molecular weight is 279 g/mol. The third-order valence-corrected chi connectivity index (χ3v) is 4.40. The molecule has 20 heavy (non-hydrogen) atoms. The SMILES string of the molecule is CCCc1nc(C(=O)NC2(CN)CCCCC2C)n[nH]1. The maximum Gasteiger partial charge on any atom is 0.291 e. The molecule has 1 aliphatic rings. The monoisotopic (exact) mass is 279 g/mol. The molecule has 4 N–H and O–H groups in total. The molecule has 0 bridgehead atoms. The Bertz CT molecular complexity index is 458. The summed E-state index contributed by atoms with van der Waals surface area (Å²) in [7, 11) is 0. The van der Waals surface area contributed by atoms with Crippen LogP contribution in [0.1, 0.15) is 62.4 Å². The zero-order valence-corrected chi connectivity index (χ0v) is 12.4. The number of nitrogens with two attached hydrogens (primary N) is 1. The summed E-state index contributed by atoms with van der Waals surface area (Å²) >= 11 is 0. The molecule has 0 radical (unpaired) electrons. The van der Waals surface area contributed by atoms with Crippen molar-refractivity contribution in [2.45, 2.75) is 57.9 Å². The zero-order valence-electron chi connectivity index (χ0n) is 12.4. The van der Waals surface area contributed by atoms with Gasteiger partial charge in [0.2, 0.25) is 5.82 Å². The lowest BCUT2D eigenvalue weighted by Gasteiger charge is -2.42. The number of amides is 1. The first-order valence-corrected chi connectivity index (χ1v) is 7.55. The topological polar surface area (TPSA) is 96.7 Å². The third kappa shape index (κ3) is 3.00. The van der Waals surface area contributed by atoms with E-state index in [1.54, 1.807) is 0 Å². The van der Waals surface area contributed by atoms with E-state index in [1.807, 2.05) is 0 Å². The number of hydrogen-bond acceptors (Lipinski definition) is 4. The van der Waals surface area contributed by atoms with Crippen molar-refractivity contribution in [2.75, 3.05) is 6.54 Å². The summed E-state index contributed by atoms with van der Waals surface area (Å²) < 4.78 is 0. The van der Waals surface area contributed by atoms with Gasteiger partial charge in [-0.3, -0.25) is 9.89 Å². The minimum absolute atomic E-state index is 0.220. The first-order chi connectivity index (χ1) is 9.61. The summed E-state index contributed by atoms with van der Waals surface area (Å²) in [6.45, 7) is 4.69. The number of aryl methyl sites for hydroxylation is 1. The molecule has 2 unspecified atom stereocenters. The van der Waals surface area contributed by atoms with E-state index in [0.717, 1.165) is 37.9 Å². The normalized spacial score (nSPS) is 26.4. The minimum Gasteiger partial charge on any atom is -0.342 e. The fourth-order valence-corrected chi connectivity index (χ4v) is 2.98. The van der Waals surface area contributed by atoms with Crippen molar-refractivity contribution in [2.24, 2.45) is 11.7 Å². The van der Waals surface area contributed by atoms with E-state index in [-0.39, 0.29) is 17.3 Å². The summed E-state index contributed by atoms with van der Waals surface area (Å²) in [4.78, 5) is 16.6. The molecule has 2 atom stereocenters. The highest BCUT2D eigenvalue weighted by Gasteiger charge is 2.39. The Morgan fingerprint density at radius 1 is 1.55 bits per heavy atom. The van der Waals surface area contributed by atoms with Crippen LogP contribution in [0.2, 0.25) is 0 Å². The van der Waals surface area contributed by atoms with Gasteiger partial charge in [0, 0.05) is 13.0 Å². The van der Waals surface area contributed by atoms with E-state index < -0.39 is 0 Å². The maximum atomic E-state index is 12.3. The highest BCUT2D eigenvalue weighted by atomic mass is 16.2. The van der Waals surface area contributed by atoms with Crippen LogP contribution in [0.3, 0.4) is 0 Å². The Kier molecular flexibility index (Phi) is 4.75. The molecular formula is C14H25N5O. The molecule has 6 heteroatoms. The van der Waals surface area contributed by atoms with Crippen LogP contribution >= 0.6 is 0 Å². The van der Waals surface area contributed by atoms with E-state index in [9.17, 15) is 4.79 Å².